The number of Topliss-reactive ketones (excluding diaryl/α,β-unsaturated/α-hetero) is 3. The van der Waals surface area contributed by atoms with E-state index in [4.69, 9.17) is 14.2 Å². The van der Waals surface area contributed by atoms with Gasteiger partial charge in [0.05, 0.1) is 53.2 Å². The molecule has 0 bridgehead atoms. The number of aromatic hydroxyl groups is 2. The van der Waals surface area contributed by atoms with Crippen molar-refractivity contribution < 1.29 is 68.8 Å². The van der Waals surface area contributed by atoms with Crippen molar-refractivity contribution in [2.45, 2.75) is 68.7 Å². The van der Waals surface area contributed by atoms with Crippen LogP contribution in [0.5, 0.6) is 11.5 Å². The lowest BCUT2D eigenvalue weighted by Gasteiger charge is -2.53. The zero-order valence-corrected chi connectivity index (χ0v) is 30.5. The number of carbonyl (C=O) groups excluding carboxylic acids is 5. The molecule has 56 heavy (non-hydrogen) atoms. The number of fused-ring (bicyclic) bond motifs is 5. The number of aliphatic hydroxyl groups is 4. The van der Waals surface area contributed by atoms with Gasteiger partial charge >= 0.3 is 0 Å². The minimum atomic E-state index is -3.26. The molecular formula is C39H39N3O14. The van der Waals surface area contributed by atoms with Gasteiger partial charge in [-0.05, 0) is 42.7 Å². The van der Waals surface area contributed by atoms with E-state index >= 15 is 0 Å². The highest BCUT2D eigenvalue weighted by Crippen LogP contribution is 2.56. The van der Waals surface area contributed by atoms with Gasteiger partial charge in [0.2, 0.25) is 17.3 Å². The fourth-order valence-electron chi connectivity index (χ4n) is 8.59. The number of aromatic nitrogens is 1. The standard InChI is InChI=1S/C39H39N3O14/c1-15-8-18-9-24(45)39(55-4)35(51)27-20(34(50)38(39,53)28(18)32(49)25(15)36(52)41-13-17-6-5-7-40-12-17)10-19-26(31(27)48)23(44)11-22(29(19)46)42-37-21(14-43)30(47)33(54-3)16(2)56-37/h5-8,10-12,16,21,24,30,33,37,42-43,45,47-49,53H,9,13-14H2,1-4H3,(H,41,52)/t16-,21+,24+,30-,33-,37-,38-,39+/m0/s1. The predicted octanol–water partition coefficient (Wildman–Crippen LogP) is -0.118. The first-order valence-electron chi connectivity index (χ1n) is 17.6. The van der Waals surface area contributed by atoms with Crippen LogP contribution < -0.4 is 10.6 Å². The molecule has 2 heterocycles. The molecule has 8 atom stereocenters. The lowest BCUT2D eigenvalue weighted by atomic mass is 9.56. The number of aliphatic hydroxyl groups excluding tert-OH is 3. The van der Waals surface area contributed by atoms with E-state index in [1.165, 1.54) is 26.3 Å². The third-order valence-electron chi connectivity index (χ3n) is 11.3. The van der Waals surface area contributed by atoms with Crippen LogP contribution in [0, 0.1) is 12.8 Å². The van der Waals surface area contributed by atoms with Gasteiger partial charge in [-0.25, -0.2) is 0 Å². The first-order chi connectivity index (χ1) is 26.6. The lowest BCUT2D eigenvalue weighted by molar-refractivity contribution is -0.214. The number of nitrogens with zero attached hydrogens (tertiary/aromatic N) is 1. The number of benzene rings is 2. The van der Waals surface area contributed by atoms with Gasteiger partial charge in [0.1, 0.15) is 23.8 Å². The Morgan fingerprint density at radius 1 is 1.05 bits per heavy atom. The summed E-state index contributed by atoms with van der Waals surface area (Å²) >= 11 is 0. The molecule has 2 aromatic carbocycles. The Labute approximate surface area is 318 Å². The number of nitrogens with one attached hydrogen (secondary N) is 2. The number of phenolic OH excluding ortho intramolecular Hbond substituents is 2. The number of allylic oxidation sites excluding steroid dienone is 2. The molecular weight excluding hydrogens is 734 g/mol. The maximum absolute atomic E-state index is 14.8. The maximum atomic E-state index is 14.8. The second kappa shape index (κ2) is 14.0. The summed E-state index contributed by atoms with van der Waals surface area (Å²) in [7, 11) is 2.27. The monoisotopic (exact) mass is 773 g/mol. The molecule has 1 saturated heterocycles. The summed E-state index contributed by atoms with van der Waals surface area (Å²) in [6.45, 7) is 2.45. The molecule has 4 aliphatic rings. The third kappa shape index (κ3) is 5.34. The van der Waals surface area contributed by atoms with Gasteiger partial charge in [0.15, 0.2) is 17.0 Å². The van der Waals surface area contributed by atoms with Crippen LogP contribution in [0.3, 0.4) is 0 Å². The van der Waals surface area contributed by atoms with Gasteiger partial charge in [-0.1, -0.05) is 12.1 Å². The van der Waals surface area contributed by atoms with Crippen molar-refractivity contribution in [1.82, 2.24) is 15.6 Å². The molecule has 17 heteroatoms. The Balaban J connectivity index is 1.33. The van der Waals surface area contributed by atoms with Gasteiger partial charge < -0.3 is 55.5 Å². The van der Waals surface area contributed by atoms with Crippen molar-refractivity contribution in [2.24, 2.45) is 5.92 Å². The molecule has 294 valence electrons. The highest BCUT2D eigenvalue weighted by molar-refractivity contribution is 6.31. The van der Waals surface area contributed by atoms with Crippen molar-refractivity contribution >= 4 is 29.0 Å². The SMILES string of the molecule is CO[C@@H]1[C@@H](O)[C@@H](CO)[C@@H](NC2=CC(=O)c3c(cc4c(c3O)C(=O)[C@]3(OC)[C@H](O)Cc5cc(C)c(C(=O)NCc6cccnc6)c(O)c5[C@]3(O)C4=O)C2=O)O[C@H]1C. The molecule has 0 unspecified atom stereocenters. The van der Waals surface area contributed by atoms with E-state index < -0.39 is 135 Å². The van der Waals surface area contributed by atoms with Crippen LogP contribution in [0.25, 0.3) is 0 Å². The molecule has 3 aliphatic carbocycles. The van der Waals surface area contributed by atoms with Crippen molar-refractivity contribution in [3.8, 4) is 11.5 Å². The van der Waals surface area contributed by atoms with Crippen LogP contribution in [0.2, 0.25) is 0 Å². The number of pyridine rings is 1. The van der Waals surface area contributed by atoms with Crippen LogP contribution >= 0.6 is 0 Å². The Kier molecular flexibility index (Phi) is 9.69. The number of ether oxygens (including phenoxy) is 3. The summed E-state index contributed by atoms with van der Waals surface area (Å²) < 4.78 is 16.7. The van der Waals surface area contributed by atoms with Crippen molar-refractivity contribution in [3.63, 3.8) is 0 Å². The summed E-state index contributed by atoms with van der Waals surface area (Å²) in [4.78, 5) is 74.6. The number of hydrogen-bond acceptors (Lipinski definition) is 16. The number of phenols is 2. The van der Waals surface area contributed by atoms with Crippen molar-refractivity contribution in [1.29, 1.82) is 0 Å². The number of amides is 1. The molecule has 7 rings (SSSR count). The van der Waals surface area contributed by atoms with Gasteiger partial charge in [0.25, 0.3) is 5.91 Å². The number of ketones is 4. The van der Waals surface area contributed by atoms with Gasteiger partial charge in [0, 0.05) is 62.3 Å². The fraction of sp³-hybridized carbons (Fsp3) is 0.385. The highest BCUT2D eigenvalue weighted by atomic mass is 16.6. The minimum Gasteiger partial charge on any atom is -0.507 e. The highest BCUT2D eigenvalue weighted by Gasteiger charge is 2.72. The summed E-state index contributed by atoms with van der Waals surface area (Å²) in [5, 5.41) is 73.9. The van der Waals surface area contributed by atoms with E-state index in [0.717, 1.165) is 19.3 Å². The molecule has 0 radical (unpaired) electrons. The normalized spacial score (nSPS) is 29.5. The number of methoxy groups -OCH3 is 2. The van der Waals surface area contributed by atoms with Crippen LogP contribution in [0.1, 0.15) is 81.0 Å². The van der Waals surface area contributed by atoms with E-state index in [0.29, 0.717) is 5.56 Å². The van der Waals surface area contributed by atoms with Gasteiger partial charge in [-0.15, -0.1) is 0 Å². The van der Waals surface area contributed by atoms with E-state index in [2.05, 4.69) is 15.6 Å². The van der Waals surface area contributed by atoms with E-state index in [-0.39, 0.29) is 23.2 Å². The van der Waals surface area contributed by atoms with Crippen LogP contribution in [0.15, 0.2) is 48.4 Å². The molecule has 0 spiro atoms. The number of carbonyl (C=O) groups is 5. The predicted molar refractivity (Wildman–Crippen MR) is 190 cm³/mol. The molecule has 0 saturated carbocycles. The lowest BCUT2D eigenvalue weighted by Crippen LogP contribution is -2.73. The Hall–Kier alpha value is -5.40. The third-order valence-corrected chi connectivity index (χ3v) is 11.3. The van der Waals surface area contributed by atoms with Gasteiger partial charge in [-0.3, -0.25) is 29.0 Å². The molecule has 1 aliphatic heterocycles. The number of aryl methyl sites for hydroxylation is 1. The Morgan fingerprint density at radius 3 is 2.43 bits per heavy atom. The van der Waals surface area contributed by atoms with E-state index in [9.17, 15) is 54.6 Å². The number of rotatable bonds is 8. The Bertz CT molecular complexity index is 2240. The van der Waals surface area contributed by atoms with Crippen LogP contribution in [-0.4, -0.2) is 122 Å². The van der Waals surface area contributed by atoms with Crippen LogP contribution in [-0.2, 0) is 32.8 Å². The Morgan fingerprint density at radius 2 is 1.79 bits per heavy atom. The fourth-order valence-corrected chi connectivity index (χ4v) is 8.59. The second-order valence-corrected chi connectivity index (χ2v) is 14.3. The molecule has 1 fully saturated rings. The summed E-state index contributed by atoms with van der Waals surface area (Å²) in [5.74, 6) is -8.54. The molecule has 1 aromatic heterocycles. The van der Waals surface area contributed by atoms with Crippen LogP contribution in [0.4, 0.5) is 0 Å². The van der Waals surface area contributed by atoms with Crippen molar-refractivity contribution in [2.75, 3.05) is 20.8 Å². The summed E-state index contributed by atoms with van der Waals surface area (Å²) in [6, 6.07) is 5.57. The zero-order chi connectivity index (χ0) is 40.6. The topological polar surface area (TPSA) is 271 Å². The minimum absolute atomic E-state index is 0.00279. The second-order valence-electron chi connectivity index (χ2n) is 14.3. The first kappa shape index (κ1) is 38.9. The molecule has 8 N–H and O–H groups in total. The zero-order valence-electron chi connectivity index (χ0n) is 30.5. The first-order valence-corrected chi connectivity index (χ1v) is 17.6. The molecule has 1 amide bonds. The largest absolute Gasteiger partial charge is 0.507 e. The average molecular weight is 774 g/mol. The average Bonchev–Trinajstić information content (AvgIpc) is 3.15. The summed E-state index contributed by atoms with van der Waals surface area (Å²) in [6.07, 6.45) is -2.61. The quantitative estimate of drug-likeness (QED) is 0.148. The van der Waals surface area contributed by atoms with Crippen molar-refractivity contribution in [3.05, 3.63) is 98.5 Å². The molecule has 17 nitrogen and oxygen atoms in total. The maximum Gasteiger partial charge on any atom is 0.255 e. The summed E-state index contributed by atoms with van der Waals surface area (Å²) in [5.41, 5.74) is -9.54. The van der Waals surface area contributed by atoms with E-state index in [1.54, 1.807) is 25.3 Å². The smallest absolute Gasteiger partial charge is 0.255 e. The van der Waals surface area contributed by atoms with E-state index in [1.807, 2.05) is 0 Å². The number of hydrogen-bond donors (Lipinski definition) is 8. The van der Waals surface area contributed by atoms with Gasteiger partial charge in [-0.2, -0.15) is 0 Å². The molecule has 3 aromatic rings.